The number of rotatable bonds is 7. The summed E-state index contributed by atoms with van der Waals surface area (Å²) in [6.45, 7) is 3.58. The van der Waals surface area contributed by atoms with Crippen molar-refractivity contribution in [2.75, 3.05) is 26.3 Å². The van der Waals surface area contributed by atoms with E-state index < -0.39 is 0 Å². The van der Waals surface area contributed by atoms with Gasteiger partial charge in [-0.25, -0.2) is 0 Å². The molecule has 5 nitrogen and oxygen atoms in total. The number of piperidine rings is 1. The Morgan fingerprint density at radius 2 is 2.00 bits per heavy atom. The Labute approximate surface area is 171 Å². The predicted molar refractivity (Wildman–Crippen MR) is 113 cm³/mol. The normalized spacial score (nSPS) is 19.9. The molecule has 1 aromatic heterocycles. The first-order valence-electron chi connectivity index (χ1n) is 10.6. The van der Waals surface area contributed by atoms with Crippen molar-refractivity contribution in [3.05, 3.63) is 35.0 Å². The lowest BCUT2D eigenvalue weighted by molar-refractivity contribution is 0.0550. The smallest absolute Gasteiger partial charge is 0.251 e. The number of nitrogens with one attached hydrogen (secondary N) is 3. The lowest BCUT2D eigenvalue weighted by atomic mass is 9.97. The molecule has 0 bridgehead atoms. The van der Waals surface area contributed by atoms with Crippen LogP contribution in [0.15, 0.2) is 24.4 Å². The number of hydrogen-bond donors (Lipinski definition) is 3. The Hall–Kier alpha value is -1.56. The van der Waals surface area contributed by atoms with Gasteiger partial charge in [0.25, 0.3) is 5.91 Å². The number of fused-ring (bicyclic) bond motifs is 1. The van der Waals surface area contributed by atoms with Gasteiger partial charge in [-0.05, 0) is 62.7 Å². The van der Waals surface area contributed by atoms with Gasteiger partial charge in [0.2, 0.25) is 0 Å². The lowest BCUT2D eigenvalue weighted by Crippen LogP contribution is -2.43. The summed E-state index contributed by atoms with van der Waals surface area (Å²) in [5.41, 5.74) is 1.55. The molecule has 28 heavy (non-hydrogen) atoms. The molecule has 1 atom stereocenters. The van der Waals surface area contributed by atoms with E-state index in [2.05, 4.69) is 15.6 Å². The average molecular weight is 404 g/mol. The molecule has 1 aliphatic heterocycles. The van der Waals surface area contributed by atoms with Crippen molar-refractivity contribution in [1.82, 2.24) is 15.6 Å². The fourth-order valence-corrected chi connectivity index (χ4v) is 4.77. The first kappa shape index (κ1) is 19.7. The van der Waals surface area contributed by atoms with Crippen LogP contribution in [0.2, 0.25) is 5.02 Å². The van der Waals surface area contributed by atoms with Gasteiger partial charge in [0.1, 0.15) is 0 Å². The van der Waals surface area contributed by atoms with E-state index in [1.54, 1.807) is 6.20 Å². The van der Waals surface area contributed by atoms with Crippen LogP contribution in [-0.2, 0) is 4.74 Å². The summed E-state index contributed by atoms with van der Waals surface area (Å²) in [5, 5.41) is 8.27. The molecular weight excluding hydrogens is 374 g/mol. The molecule has 1 unspecified atom stereocenters. The van der Waals surface area contributed by atoms with Crippen LogP contribution in [0.1, 0.15) is 48.9 Å². The highest BCUT2D eigenvalue weighted by atomic mass is 35.5. The van der Waals surface area contributed by atoms with Crippen LogP contribution < -0.4 is 10.6 Å². The van der Waals surface area contributed by atoms with E-state index >= 15 is 0 Å². The van der Waals surface area contributed by atoms with Crippen molar-refractivity contribution in [2.24, 2.45) is 11.8 Å². The van der Waals surface area contributed by atoms with Gasteiger partial charge in [0.15, 0.2) is 0 Å². The number of aromatic amines is 1. The summed E-state index contributed by atoms with van der Waals surface area (Å²) in [4.78, 5) is 16.0. The molecule has 1 aliphatic carbocycles. The van der Waals surface area contributed by atoms with Crippen LogP contribution in [0.5, 0.6) is 0 Å². The maximum atomic E-state index is 12.9. The molecule has 1 amide bonds. The van der Waals surface area contributed by atoms with Gasteiger partial charge in [-0.15, -0.1) is 0 Å². The SMILES string of the molecule is O=C(NC(COCC1CCNCC1)C1CCCC1)c1ccc2c(Cl)c[nH]c2c1. The summed E-state index contributed by atoms with van der Waals surface area (Å²) in [6, 6.07) is 5.71. The number of halogens is 1. The highest BCUT2D eigenvalue weighted by Crippen LogP contribution is 2.29. The summed E-state index contributed by atoms with van der Waals surface area (Å²) < 4.78 is 6.09. The maximum Gasteiger partial charge on any atom is 0.251 e. The summed E-state index contributed by atoms with van der Waals surface area (Å²) in [6.07, 6.45) is 8.96. The minimum absolute atomic E-state index is 0.0324. The van der Waals surface area contributed by atoms with E-state index in [1.165, 1.54) is 38.5 Å². The van der Waals surface area contributed by atoms with E-state index in [1.807, 2.05) is 18.2 Å². The Morgan fingerprint density at radius 1 is 1.21 bits per heavy atom. The molecule has 2 aliphatic rings. The van der Waals surface area contributed by atoms with Crippen molar-refractivity contribution in [1.29, 1.82) is 0 Å². The first-order valence-corrected chi connectivity index (χ1v) is 10.9. The number of aromatic nitrogens is 1. The standard InChI is InChI=1S/C22H30ClN3O2/c23-19-12-25-20-11-17(5-6-18(19)20)22(27)26-21(16-3-1-2-4-16)14-28-13-15-7-9-24-10-8-15/h5-6,11-12,15-16,21,24-25H,1-4,7-10,13-14H2,(H,26,27). The van der Waals surface area contributed by atoms with Crippen LogP contribution in [-0.4, -0.2) is 43.2 Å². The third-order valence-electron chi connectivity index (χ3n) is 6.29. The fourth-order valence-electron chi connectivity index (χ4n) is 4.55. The van der Waals surface area contributed by atoms with E-state index in [9.17, 15) is 4.79 Å². The van der Waals surface area contributed by atoms with Gasteiger partial charge < -0.3 is 20.4 Å². The third-order valence-corrected chi connectivity index (χ3v) is 6.60. The largest absolute Gasteiger partial charge is 0.379 e. The Balaban J connectivity index is 1.38. The van der Waals surface area contributed by atoms with Crippen LogP contribution in [0.4, 0.5) is 0 Å². The van der Waals surface area contributed by atoms with Crippen molar-refractivity contribution >= 4 is 28.4 Å². The number of benzene rings is 1. The summed E-state index contributed by atoms with van der Waals surface area (Å²) in [5.74, 6) is 1.12. The van der Waals surface area contributed by atoms with Gasteiger partial charge in [0, 0.05) is 29.3 Å². The molecular formula is C22H30ClN3O2. The zero-order valence-electron chi connectivity index (χ0n) is 16.3. The zero-order valence-corrected chi connectivity index (χ0v) is 17.1. The van der Waals surface area contributed by atoms with E-state index in [4.69, 9.17) is 16.3 Å². The molecule has 2 aromatic rings. The molecule has 0 spiro atoms. The summed E-state index contributed by atoms with van der Waals surface area (Å²) >= 11 is 6.14. The Kier molecular flexibility index (Phi) is 6.55. The number of amides is 1. The molecule has 152 valence electrons. The molecule has 1 saturated heterocycles. The van der Waals surface area contributed by atoms with Crippen molar-refractivity contribution in [3.8, 4) is 0 Å². The van der Waals surface area contributed by atoms with Gasteiger partial charge in [-0.3, -0.25) is 4.79 Å². The number of H-pyrrole nitrogens is 1. The van der Waals surface area contributed by atoms with Gasteiger partial charge in [-0.1, -0.05) is 30.5 Å². The Morgan fingerprint density at radius 3 is 2.79 bits per heavy atom. The molecule has 2 fully saturated rings. The maximum absolute atomic E-state index is 12.9. The van der Waals surface area contributed by atoms with Crippen LogP contribution in [0.25, 0.3) is 10.9 Å². The van der Waals surface area contributed by atoms with Gasteiger partial charge in [-0.2, -0.15) is 0 Å². The topological polar surface area (TPSA) is 66.2 Å². The van der Waals surface area contributed by atoms with Crippen molar-refractivity contribution in [2.45, 2.75) is 44.6 Å². The van der Waals surface area contributed by atoms with Crippen molar-refractivity contribution < 1.29 is 9.53 Å². The highest BCUT2D eigenvalue weighted by molar-refractivity contribution is 6.35. The number of ether oxygens (including phenoxy) is 1. The van der Waals surface area contributed by atoms with E-state index in [-0.39, 0.29) is 11.9 Å². The predicted octanol–water partition coefficient (Wildman–Crippen LogP) is 4.13. The molecule has 0 radical (unpaired) electrons. The number of carbonyl (C=O) groups excluding carboxylic acids is 1. The summed E-state index contributed by atoms with van der Waals surface area (Å²) in [7, 11) is 0. The van der Waals surface area contributed by atoms with Crippen LogP contribution in [0, 0.1) is 11.8 Å². The highest BCUT2D eigenvalue weighted by Gasteiger charge is 2.27. The number of hydrogen-bond acceptors (Lipinski definition) is 3. The van der Waals surface area contributed by atoms with Crippen molar-refractivity contribution in [3.63, 3.8) is 0 Å². The number of carbonyl (C=O) groups is 1. The monoisotopic (exact) mass is 403 g/mol. The minimum atomic E-state index is -0.0324. The van der Waals surface area contributed by atoms with E-state index in [0.29, 0.717) is 29.0 Å². The van der Waals surface area contributed by atoms with Gasteiger partial charge in [0.05, 0.1) is 17.7 Å². The van der Waals surface area contributed by atoms with Crippen LogP contribution in [0.3, 0.4) is 0 Å². The molecule has 1 saturated carbocycles. The molecule has 1 aromatic carbocycles. The zero-order chi connectivity index (χ0) is 19.3. The quantitative estimate of drug-likeness (QED) is 0.651. The second kappa shape index (κ2) is 9.29. The first-order chi connectivity index (χ1) is 13.7. The lowest BCUT2D eigenvalue weighted by Gasteiger charge is -2.27. The fraction of sp³-hybridized carbons (Fsp3) is 0.591. The minimum Gasteiger partial charge on any atom is -0.379 e. The second-order valence-corrected chi connectivity index (χ2v) is 8.66. The van der Waals surface area contributed by atoms with E-state index in [0.717, 1.165) is 30.6 Å². The Bertz CT molecular complexity index is 794. The van der Waals surface area contributed by atoms with Crippen LogP contribution >= 0.6 is 11.6 Å². The van der Waals surface area contributed by atoms with Gasteiger partial charge >= 0.3 is 0 Å². The second-order valence-electron chi connectivity index (χ2n) is 8.25. The average Bonchev–Trinajstić information content (AvgIpc) is 3.38. The molecule has 2 heterocycles. The molecule has 6 heteroatoms. The molecule has 4 rings (SSSR count). The third kappa shape index (κ3) is 4.70. The molecule has 3 N–H and O–H groups in total.